The first-order valence-electron chi connectivity index (χ1n) is 8.30. The molecule has 2 rings (SSSR count). The Balaban J connectivity index is 2.20. The topological polar surface area (TPSA) is 82.5 Å². The number of nitrogens with zero attached hydrogens (tertiary/aromatic N) is 2. The van der Waals surface area contributed by atoms with Crippen molar-refractivity contribution in [3.05, 3.63) is 46.2 Å². The highest BCUT2D eigenvalue weighted by atomic mass is 16.5. The first kappa shape index (κ1) is 18.5. The Morgan fingerprint density at radius 2 is 1.76 bits per heavy atom. The van der Waals surface area contributed by atoms with Crippen LogP contribution in [0.25, 0.3) is 0 Å². The summed E-state index contributed by atoms with van der Waals surface area (Å²) in [5, 5.41) is 6.65. The molecule has 1 amide bonds. The number of hydrogen-bond donors (Lipinski definition) is 1. The molecule has 0 radical (unpaired) electrons. The fourth-order valence-corrected chi connectivity index (χ4v) is 2.06. The van der Waals surface area contributed by atoms with Crippen LogP contribution in [0.3, 0.4) is 0 Å². The van der Waals surface area contributed by atoms with E-state index in [1.54, 1.807) is 18.2 Å². The lowest BCUT2D eigenvalue weighted by atomic mass is 10.2. The first-order valence-corrected chi connectivity index (χ1v) is 8.30. The van der Waals surface area contributed by atoms with Gasteiger partial charge in [0, 0.05) is 18.7 Å². The van der Waals surface area contributed by atoms with Crippen molar-refractivity contribution in [2.45, 2.75) is 26.7 Å². The Bertz CT molecular complexity index is 786. The van der Waals surface area contributed by atoms with Gasteiger partial charge in [-0.15, -0.1) is 0 Å². The normalized spacial score (nSPS) is 10.4. The molecule has 1 aromatic heterocycles. The smallest absolute Gasteiger partial charge is 0.266 e. The van der Waals surface area contributed by atoms with Gasteiger partial charge in [0.15, 0.2) is 17.3 Å². The number of carbonyl (C=O) groups is 1. The van der Waals surface area contributed by atoms with E-state index in [0.717, 1.165) is 17.5 Å². The molecule has 1 N–H and O–H groups in total. The molecule has 0 saturated heterocycles. The molecule has 1 aromatic carbocycles. The number of hydrogen-bond acceptors (Lipinski definition) is 5. The van der Waals surface area contributed by atoms with Crippen LogP contribution in [0.5, 0.6) is 11.5 Å². The van der Waals surface area contributed by atoms with Crippen LogP contribution in [0, 0.1) is 0 Å². The SMILES string of the molecule is CCCOc1ccc(C(=O)Nc2ccc(=O)n(C)n2)cc1OCCC. The van der Waals surface area contributed by atoms with Crippen molar-refractivity contribution >= 4 is 11.7 Å². The predicted octanol–water partition coefficient (Wildman–Crippen LogP) is 2.61. The van der Waals surface area contributed by atoms with Crippen molar-refractivity contribution in [1.82, 2.24) is 9.78 Å². The van der Waals surface area contributed by atoms with Crippen LogP contribution in [0.2, 0.25) is 0 Å². The Morgan fingerprint density at radius 3 is 2.40 bits per heavy atom. The van der Waals surface area contributed by atoms with E-state index < -0.39 is 0 Å². The van der Waals surface area contributed by atoms with Crippen LogP contribution in [-0.4, -0.2) is 28.9 Å². The number of amides is 1. The minimum Gasteiger partial charge on any atom is -0.490 e. The average Bonchev–Trinajstić information content (AvgIpc) is 2.61. The molecule has 0 bridgehead atoms. The number of aromatic nitrogens is 2. The van der Waals surface area contributed by atoms with Gasteiger partial charge >= 0.3 is 0 Å². The molecule has 7 nitrogen and oxygen atoms in total. The molecule has 0 aliphatic heterocycles. The lowest BCUT2D eigenvalue weighted by molar-refractivity contribution is 0.102. The Morgan fingerprint density at radius 1 is 1.08 bits per heavy atom. The van der Waals surface area contributed by atoms with E-state index >= 15 is 0 Å². The van der Waals surface area contributed by atoms with Crippen LogP contribution >= 0.6 is 0 Å². The summed E-state index contributed by atoms with van der Waals surface area (Å²) in [6, 6.07) is 7.86. The molecule has 134 valence electrons. The summed E-state index contributed by atoms with van der Waals surface area (Å²) in [7, 11) is 1.52. The molecule has 0 aliphatic carbocycles. The minimum absolute atomic E-state index is 0.245. The maximum atomic E-state index is 12.4. The van der Waals surface area contributed by atoms with Gasteiger partial charge in [0.05, 0.1) is 13.2 Å². The third-order valence-electron chi connectivity index (χ3n) is 3.33. The second-order valence-electron chi connectivity index (χ2n) is 5.49. The summed E-state index contributed by atoms with van der Waals surface area (Å²) >= 11 is 0. The molecule has 7 heteroatoms. The van der Waals surface area contributed by atoms with Gasteiger partial charge in [-0.25, -0.2) is 4.68 Å². The second-order valence-corrected chi connectivity index (χ2v) is 5.49. The molecular weight excluding hydrogens is 322 g/mol. The standard InChI is InChI=1S/C18H23N3O4/c1-4-10-24-14-7-6-13(12-15(14)25-11-5-2)18(23)19-16-8-9-17(22)21(3)20-16/h6-9,12H,4-5,10-11H2,1-3H3,(H,19,20,23). The molecule has 0 aliphatic rings. The highest BCUT2D eigenvalue weighted by molar-refractivity contribution is 6.04. The molecule has 0 unspecified atom stereocenters. The zero-order valence-electron chi connectivity index (χ0n) is 14.7. The molecule has 0 atom stereocenters. The van der Waals surface area contributed by atoms with Crippen LogP contribution < -0.4 is 20.3 Å². The average molecular weight is 345 g/mol. The number of rotatable bonds is 8. The summed E-state index contributed by atoms with van der Waals surface area (Å²) in [4.78, 5) is 23.8. The Kier molecular flexibility index (Phi) is 6.56. The zero-order valence-corrected chi connectivity index (χ0v) is 14.7. The van der Waals surface area contributed by atoms with E-state index in [2.05, 4.69) is 10.4 Å². The number of benzene rings is 1. The molecule has 0 fully saturated rings. The maximum Gasteiger partial charge on any atom is 0.266 e. The van der Waals surface area contributed by atoms with Gasteiger partial charge in [-0.1, -0.05) is 13.8 Å². The molecule has 0 saturated carbocycles. The van der Waals surface area contributed by atoms with Gasteiger partial charge in [0.2, 0.25) is 0 Å². The lowest BCUT2D eigenvalue weighted by Crippen LogP contribution is -2.21. The maximum absolute atomic E-state index is 12.4. The van der Waals surface area contributed by atoms with Gasteiger partial charge in [0.25, 0.3) is 11.5 Å². The first-order chi connectivity index (χ1) is 12.0. The van der Waals surface area contributed by atoms with E-state index in [4.69, 9.17) is 9.47 Å². The van der Waals surface area contributed by atoms with Crippen molar-refractivity contribution in [3.8, 4) is 11.5 Å². The Labute approximate surface area is 146 Å². The van der Waals surface area contributed by atoms with Crippen molar-refractivity contribution in [2.75, 3.05) is 18.5 Å². The van der Waals surface area contributed by atoms with Gasteiger partial charge in [0.1, 0.15) is 0 Å². The molecule has 1 heterocycles. The van der Waals surface area contributed by atoms with Gasteiger partial charge < -0.3 is 14.8 Å². The summed E-state index contributed by atoms with van der Waals surface area (Å²) < 4.78 is 12.5. The third kappa shape index (κ3) is 5.07. The number of nitrogens with one attached hydrogen (secondary N) is 1. The van der Waals surface area contributed by atoms with E-state index in [-0.39, 0.29) is 11.5 Å². The van der Waals surface area contributed by atoms with E-state index in [1.165, 1.54) is 19.2 Å². The van der Waals surface area contributed by atoms with Gasteiger partial charge in [-0.05, 0) is 37.1 Å². The number of aryl methyl sites for hydroxylation is 1. The van der Waals surface area contributed by atoms with Crippen molar-refractivity contribution in [1.29, 1.82) is 0 Å². The molecule has 2 aromatic rings. The predicted molar refractivity (Wildman–Crippen MR) is 95.4 cm³/mol. The zero-order chi connectivity index (χ0) is 18.2. The lowest BCUT2D eigenvalue weighted by Gasteiger charge is -2.13. The Hall–Kier alpha value is -2.83. The van der Waals surface area contributed by atoms with E-state index in [0.29, 0.717) is 36.1 Å². The number of anilines is 1. The second kappa shape index (κ2) is 8.86. The fraction of sp³-hybridized carbons (Fsp3) is 0.389. The van der Waals surface area contributed by atoms with Crippen molar-refractivity contribution in [2.24, 2.45) is 7.05 Å². The van der Waals surface area contributed by atoms with Crippen LogP contribution in [0.15, 0.2) is 35.1 Å². The fourth-order valence-electron chi connectivity index (χ4n) is 2.06. The van der Waals surface area contributed by atoms with Crippen LogP contribution in [-0.2, 0) is 7.05 Å². The summed E-state index contributed by atoms with van der Waals surface area (Å²) in [5.74, 6) is 1.12. The van der Waals surface area contributed by atoms with Crippen molar-refractivity contribution in [3.63, 3.8) is 0 Å². The van der Waals surface area contributed by atoms with Crippen molar-refractivity contribution < 1.29 is 14.3 Å². The summed E-state index contributed by atoms with van der Waals surface area (Å²) in [5.41, 5.74) is 0.177. The van der Waals surface area contributed by atoms with Gasteiger partial charge in [-0.3, -0.25) is 9.59 Å². The quantitative estimate of drug-likeness (QED) is 0.795. The summed E-state index contributed by atoms with van der Waals surface area (Å²) in [6.45, 7) is 5.15. The monoisotopic (exact) mass is 345 g/mol. The van der Waals surface area contributed by atoms with E-state index in [9.17, 15) is 9.59 Å². The highest BCUT2D eigenvalue weighted by Crippen LogP contribution is 2.29. The summed E-state index contributed by atoms with van der Waals surface area (Å²) in [6.07, 6.45) is 1.74. The molecular formula is C18H23N3O4. The highest BCUT2D eigenvalue weighted by Gasteiger charge is 2.13. The minimum atomic E-state index is -0.338. The van der Waals surface area contributed by atoms with Gasteiger partial charge in [-0.2, -0.15) is 5.10 Å². The largest absolute Gasteiger partial charge is 0.490 e. The van der Waals surface area contributed by atoms with Crippen LogP contribution in [0.1, 0.15) is 37.0 Å². The molecule has 0 spiro atoms. The number of carbonyl (C=O) groups excluding carboxylic acids is 1. The molecule has 25 heavy (non-hydrogen) atoms. The third-order valence-corrected chi connectivity index (χ3v) is 3.33. The van der Waals surface area contributed by atoms with Crippen LogP contribution in [0.4, 0.5) is 5.82 Å². The van der Waals surface area contributed by atoms with E-state index in [1.807, 2.05) is 13.8 Å². The number of ether oxygens (including phenoxy) is 2.